The molecule has 20 heavy (non-hydrogen) atoms. The summed E-state index contributed by atoms with van der Waals surface area (Å²) < 4.78 is 27.7. The number of hydrogen-bond donors (Lipinski definition) is 1. The first kappa shape index (κ1) is 17.0. The summed E-state index contributed by atoms with van der Waals surface area (Å²) in [6.45, 7) is 2.14. The molecule has 0 heterocycles. The van der Waals surface area contributed by atoms with Crippen LogP contribution in [0.3, 0.4) is 0 Å². The highest BCUT2D eigenvalue weighted by atomic mass is 35.5. The molecule has 0 atom stereocenters. The maximum Gasteiger partial charge on any atom is 0.260 e. The molecule has 0 aromatic heterocycles. The Labute approximate surface area is 127 Å². The van der Waals surface area contributed by atoms with E-state index in [1.165, 1.54) is 11.0 Å². The quantitative estimate of drug-likeness (QED) is 0.879. The molecular formula is C11H14Cl2N2O4S. The van der Waals surface area contributed by atoms with E-state index < -0.39 is 10.0 Å². The predicted octanol–water partition coefficient (Wildman–Crippen LogP) is 1.50. The fourth-order valence-electron chi connectivity index (χ4n) is 1.27. The van der Waals surface area contributed by atoms with Gasteiger partial charge >= 0.3 is 0 Å². The van der Waals surface area contributed by atoms with Gasteiger partial charge in [0.05, 0.1) is 10.0 Å². The first-order valence-corrected chi connectivity index (χ1v) is 7.85. The van der Waals surface area contributed by atoms with Crippen LogP contribution in [-0.4, -0.2) is 39.4 Å². The normalized spacial score (nSPS) is 11.2. The van der Waals surface area contributed by atoms with Gasteiger partial charge in [-0.1, -0.05) is 23.2 Å². The van der Waals surface area contributed by atoms with E-state index in [4.69, 9.17) is 33.1 Å². The summed E-state index contributed by atoms with van der Waals surface area (Å²) in [6.07, 6.45) is 0. The highest BCUT2D eigenvalue weighted by Gasteiger charge is 2.17. The van der Waals surface area contributed by atoms with Crippen LogP contribution in [0.15, 0.2) is 17.0 Å². The van der Waals surface area contributed by atoms with E-state index in [-0.39, 0.29) is 33.2 Å². The predicted molar refractivity (Wildman–Crippen MR) is 76.6 cm³/mol. The smallest absolute Gasteiger partial charge is 0.260 e. The van der Waals surface area contributed by atoms with Crippen molar-refractivity contribution in [3.63, 3.8) is 0 Å². The number of rotatable bonds is 5. The average molecular weight is 341 g/mol. The minimum Gasteiger partial charge on any atom is -0.482 e. The van der Waals surface area contributed by atoms with Gasteiger partial charge in [0.15, 0.2) is 6.61 Å². The number of amides is 1. The zero-order chi connectivity index (χ0) is 15.5. The zero-order valence-corrected chi connectivity index (χ0v) is 13.2. The molecule has 1 aromatic rings. The van der Waals surface area contributed by atoms with Gasteiger partial charge in [-0.3, -0.25) is 4.79 Å². The maximum atomic E-state index is 11.6. The van der Waals surface area contributed by atoms with Crippen LogP contribution in [0, 0.1) is 0 Å². The first-order valence-electron chi connectivity index (χ1n) is 5.55. The lowest BCUT2D eigenvalue weighted by molar-refractivity contribution is -0.131. The van der Waals surface area contributed by atoms with Gasteiger partial charge in [0.1, 0.15) is 10.6 Å². The molecular weight excluding hydrogens is 327 g/mol. The molecule has 112 valence electrons. The van der Waals surface area contributed by atoms with Crippen LogP contribution >= 0.6 is 23.2 Å². The number of hydrogen-bond acceptors (Lipinski definition) is 4. The minimum absolute atomic E-state index is 0.00498. The van der Waals surface area contributed by atoms with Crippen LogP contribution in [0.5, 0.6) is 5.75 Å². The van der Waals surface area contributed by atoms with Crippen molar-refractivity contribution in [2.45, 2.75) is 11.8 Å². The van der Waals surface area contributed by atoms with Crippen LogP contribution in [0.1, 0.15) is 6.92 Å². The third kappa shape index (κ3) is 4.24. The number of primary sulfonamides is 1. The number of ether oxygens (including phenoxy) is 1. The molecule has 6 nitrogen and oxygen atoms in total. The fraction of sp³-hybridized carbons (Fsp3) is 0.364. The first-order chi connectivity index (χ1) is 9.16. The summed E-state index contributed by atoms with van der Waals surface area (Å²) in [6, 6.07) is 2.30. The van der Waals surface area contributed by atoms with Crippen LogP contribution in [0.2, 0.25) is 10.0 Å². The van der Waals surface area contributed by atoms with Gasteiger partial charge in [-0.25, -0.2) is 13.6 Å². The summed E-state index contributed by atoms with van der Waals surface area (Å²) in [5.74, 6) is -0.128. The molecule has 2 N–H and O–H groups in total. The molecule has 0 aliphatic carbocycles. The Morgan fingerprint density at radius 3 is 2.45 bits per heavy atom. The van der Waals surface area contributed by atoms with E-state index in [1.54, 1.807) is 7.05 Å². The number of likely N-dealkylation sites (N-methyl/N-ethyl adjacent to an activating group) is 1. The van der Waals surface area contributed by atoms with Crippen LogP contribution in [0.4, 0.5) is 0 Å². The van der Waals surface area contributed by atoms with Crippen molar-refractivity contribution in [1.29, 1.82) is 0 Å². The highest BCUT2D eigenvalue weighted by molar-refractivity contribution is 7.89. The van der Waals surface area contributed by atoms with Crippen molar-refractivity contribution >= 4 is 39.1 Å². The van der Waals surface area contributed by atoms with Crippen LogP contribution < -0.4 is 9.88 Å². The number of nitrogens with two attached hydrogens (primary N) is 1. The largest absolute Gasteiger partial charge is 0.482 e. The summed E-state index contributed by atoms with van der Waals surface area (Å²) in [5.41, 5.74) is 0. The molecule has 1 rings (SSSR count). The van der Waals surface area contributed by atoms with E-state index in [0.717, 1.165) is 6.07 Å². The Balaban J connectivity index is 2.94. The van der Waals surface area contributed by atoms with Crippen molar-refractivity contribution in [2.24, 2.45) is 5.14 Å². The van der Waals surface area contributed by atoms with Gasteiger partial charge in [0, 0.05) is 19.7 Å². The molecule has 1 aromatic carbocycles. The molecule has 0 aliphatic rings. The highest BCUT2D eigenvalue weighted by Crippen LogP contribution is 2.33. The van der Waals surface area contributed by atoms with Crippen molar-refractivity contribution in [3.05, 3.63) is 22.2 Å². The van der Waals surface area contributed by atoms with Crippen molar-refractivity contribution in [1.82, 2.24) is 4.90 Å². The number of nitrogens with zero attached hydrogens (tertiary/aromatic N) is 1. The molecule has 0 bridgehead atoms. The second-order valence-corrected chi connectivity index (χ2v) is 6.30. The number of carbonyl (C=O) groups is 1. The summed E-state index contributed by atoms with van der Waals surface area (Å²) in [7, 11) is -2.34. The maximum absolute atomic E-state index is 11.6. The van der Waals surface area contributed by atoms with Crippen molar-refractivity contribution < 1.29 is 17.9 Å². The second-order valence-electron chi connectivity index (χ2n) is 3.95. The SMILES string of the molecule is CCN(C)C(=O)COc1cc(Cl)c(S(N)(=O)=O)cc1Cl. The molecule has 0 spiro atoms. The van der Waals surface area contributed by atoms with Gasteiger partial charge in [0.2, 0.25) is 10.0 Å². The number of halogens is 2. The second kappa shape index (κ2) is 6.62. The van der Waals surface area contributed by atoms with Gasteiger partial charge in [-0.15, -0.1) is 0 Å². The van der Waals surface area contributed by atoms with E-state index in [9.17, 15) is 13.2 Å². The topological polar surface area (TPSA) is 89.7 Å². The summed E-state index contributed by atoms with van der Waals surface area (Å²) >= 11 is 11.7. The van der Waals surface area contributed by atoms with Gasteiger partial charge in [-0.05, 0) is 13.0 Å². The molecule has 0 aliphatic heterocycles. The molecule has 0 fully saturated rings. The summed E-state index contributed by atoms with van der Waals surface area (Å²) in [4.78, 5) is 12.7. The molecule has 0 unspecified atom stereocenters. The van der Waals surface area contributed by atoms with E-state index in [1.807, 2.05) is 6.92 Å². The van der Waals surface area contributed by atoms with Gasteiger partial charge in [-0.2, -0.15) is 0 Å². The Morgan fingerprint density at radius 1 is 1.35 bits per heavy atom. The third-order valence-corrected chi connectivity index (χ3v) is 4.22. The van der Waals surface area contributed by atoms with Crippen molar-refractivity contribution in [2.75, 3.05) is 20.2 Å². The van der Waals surface area contributed by atoms with Gasteiger partial charge in [0.25, 0.3) is 5.91 Å². The molecule has 1 amide bonds. The van der Waals surface area contributed by atoms with Crippen LogP contribution in [0.25, 0.3) is 0 Å². The lowest BCUT2D eigenvalue weighted by Crippen LogP contribution is -2.31. The van der Waals surface area contributed by atoms with Gasteiger partial charge < -0.3 is 9.64 Å². The van der Waals surface area contributed by atoms with E-state index in [0.29, 0.717) is 6.54 Å². The Bertz CT molecular complexity index is 619. The molecule has 0 saturated heterocycles. The molecule has 0 radical (unpaired) electrons. The number of benzene rings is 1. The summed E-state index contributed by atoms with van der Waals surface area (Å²) in [5, 5.41) is 4.87. The lowest BCUT2D eigenvalue weighted by atomic mass is 10.3. The third-order valence-electron chi connectivity index (χ3n) is 2.54. The van der Waals surface area contributed by atoms with Crippen molar-refractivity contribution in [3.8, 4) is 5.75 Å². The number of sulfonamides is 1. The molecule has 0 saturated carbocycles. The Hall–Kier alpha value is -1.02. The zero-order valence-electron chi connectivity index (χ0n) is 10.9. The average Bonchev–Trinajstić information content (AvgIpc) is 2.36. The standard InChI is InChI=1S/C11H14Cl2N2O4S/c1-3-15(2)11(16)6-19-9-4-8(13)10(5-7(9)12)20(14,17)18/h4-5H,3,6H2,1-2H3,(H2,14,17,18). The monoisotopic (exact) mass is 340 g/mol. The van der Waals surface area contributed by atoms with E-state index in [2.05, 4.69) is 0 Å². The number of carbonyl (C=O) groups excluding carboxylic acids is 1. The van der Waals surface area contributed by atoms with E-state index >= 15 is 0 Å². The lowest BCUT2D eigenvalue weighted by Gasteiger charge is -2.15. The Kier molecular flexibility index (Phi) is 5.64. The Morgan fingerprint density at radius 2 is 1.95 bits per heavy atom. The molecule has 9 heteroatoms. The van der Waals surface area contributed by atoms with Crippen LogP contribution in [-0.2, 0) is 14.8 Å². The fourth-order valence-corrected chi connectivity index (χ4v) is 2.64. The minimum atomic E-state index is -3.97.